The van der Waals surface area contributed by atoms with Gasteiger partial charge in [-0.2, -0.15) is 0 Å². The smallest absolute Gasteiger partial charge is 0.312 e. The van der Waals surface area contributed by atoms with Crippen molar-refractivity contribution in [3.63, 3.8) is 0 Å². The number of hydrogen-bond donors (Lipinski definition) is 1. The fourth-order valence-corrected chi connectivity index (χ4v) is 12.0. The summed E-state index contributed by atoms with van der Waals surface area (Å²) in [6.07, 6.45) is 12.7. The molecule has 184 valence electrons. The molecule has 6 rings (SSSR count). The first-order chi connectivity index (χ1) is 15.3. The van der Waals surface area contributed by atoms with Gasteiger partial charge in [-0.3, -0.25) is 4.79 Å². The summed E-state index contributed by atoms with van der Waals surface area (Å²) in [4.78, 5) is 13.4. The lowest BCUT2D eigenvalue weighted by Gasteiger charge is -2.70. The van der Waals surface area contributed by atoms with Crippen LogP contribution in [0.4, 0.5) is 0 Å². The minimum absolute atomic E-state index is 0.00759. The number of carbonyl (C=O) groups is 1. The molecular formula is C30H46O3. The molecule has 0 saturated heterocycles. The Balaban J connectivity index is 1.46. The van der Waals surface area contributed by atoms with Crippen molar-refractivity contribution >= 4 is 5.97 Å². The molecule has 0 aliphatic heterocycles. The van der Waals surface area contributed by atoms with Crippen LogP contribution in [0.5, 0.6) is 0 Å². The molecule has 10 unspecified atom stereocenters. The number of esters is 1. The Hall–Kier alpha value is -0.830. The van der Waals surface area contributed by atoms with E-state index in [0.29, 0.717) is 23.7 Å². The summed E-state index contributed by atoms with van der Waals surface area (Å²) in [5, 5.41) is 10.9. The van der Waals surface area contributed by atoms with Gasteiger partial charge in [0.25, 0.3) is 0 Å². The predicted octanol–water partition coefficient (Wildman–Crippen LogP) is 6.54. The zero-order valence-electron chi connectivity index (χ0n) is 22.1. The Morgan fingerprint density at radius 3 is 2.36 bits per heavy atom. The fourth-order valence-electron chi connectivity index (χ4n) is 12.0. The first-order valence-electron chi connectivity index (χ1n) is 13.8. The third-order valence-electron chi connectivity index (χ3n) is 13.9. The second-order valence-corrected chi connectivity index (χ2v) is 14.9. The summed E-state index contributed by atoms with van der Waals surface area (Å²) in [5.74, 6) is 2.14. The van der Waals surface area contributed by atoms with E-state index in [1.165, 1.54) is 25.7 Å². The lowest BCUT2D eigenvalue weighted by atomic mass is 9.34. The molecule has 6 aliphatic rings. The van der Waals surface area contributed by atoms with Crippen LogP contribution in [-0.4, -0.2) is 24.3 Å². The van der Waals surface area contributed by atoms with Crippen molar-refractivity contribution in [3.05, 3.63) is 11.6 Å². The average Bonchev–Trinajstić information content (AvgIpc) is 3.13. The number of ether oxygens (including phenoxy) is 1. The summed E-state index contributed by atoms with van der Waals surface area (Å²) in [7, 11) is 1.61. The maximum atomic E-state index is 13.4. The van der Waals surface area contributed by atoms with Gasteiger partial charge in [0.1, 0.15) is 0 Å². The normalized spacial score (nSPS) is 58.1. The maximum Gasteiger partial charge on any atom is 0.312 e. The number of methoxy groups -OCH3 is 1. The number of fused-ring (bicyclic) bond motifs is 6. The minimum Gasteiger partial charge on any atom is -0.469 e. The largest absolute Gasteiger partial charge is 0.469 e. The van der Waals surface area contributed by atoms with Crippen LogP contribution in [0.3, 0.4) is 0 Å². The van der Waals surface area contributed by atoms with E-state index in [1.54, 1.807) is 12.7 Å². The van der Waals surface area contributed by atoms with Gasteiger partial charge in [-0.25, -0.2) is 0 Å². The molecule has 4 bridgehead atoms. The van der Waals surface area contributed by atoms with Gasteiger partial charge in [-0.05, 0) is 109 Å². The SMILES string of the molecule is COC(=O)C12CCC3(C)CC1C1=CCC4C5(C)CCC(O)C(C)(C)C5CCC4(C)C1(C)CC32. The van der Waals surface area contributed by atoms with Gasteiger partial charge >= 0.3 is 5.97 Å². The summed E-state index contributed by atoms with van der Waals surface area (Å²) >= 11 is 0. The predicted molar refractivity (Wildman–Crippen MR) is 130 cm³/mol. The fraction of sp³-hybridized carbons (Fsp3) is 0.900. The Bertz CT molecular complexity index is 935. The second-order valence-electron chi connectivity index (χ2n) is 14.9. The monoisotopic (exact) mass is 454 g/mol. The third kappa shape index (κ3) is 2.27. The molecule has 3 nitrogen and oxygen atoms in total. The zero-order valence-corrected chi connectivity index (χ0v) is 22.1. The van der Waals surface area contributed by atoms with E-state index < -0.39 is 0 Å². The van der Waals surface area contributed by atoms with Crippen LogP contribution in [0, 0.1) is 56.2 Å². The lowest BCUT2D eigenvalue weighted by Crippen LogP contribution is -2.64. The van der Waals surface area contributed by atoms with Crippen molar-refractivity contribution in [2.75, 3.05) is 7.11 Å². The summed E-state index contributed by atoms with van der Waals surface area (Å²) < 4.78 is 5.51. The summed E-state index contributed by atoms with van der Waals surface area (Å²) in [5.41, 5.74) is 2.34. The van der Waals surface area contributed by atoms with Crippen LogP contribution in [0.15, 0.2) is 11.6 Å². The van der Waals surface area contributed by atoms with Crippen LogP contribution in [0.2, 0.25) is 0 Å². The van der Waals surface area contributed by atoms with Gasteiger partial charge in [0, 0.05) is 0 Å². The third-order valence-corrected chi connectivity index (χ3v) is 13.9. The van der Waals surface area contributed by atoms with Crippen molar-refractivity contribution in [2.45, 2.75) is 105 Å². The number of hydrogen-bond acceptors (Lipinski definition) is 3. The average molecular weight is 455 g/mol. The van der Waals surface area contributed by atoms with Crippen molar-refractivity contribution < 1.29 is 14.6 Å². The van der Waals surface area contributed by atoms with Gasteiger partial charge in [-0.1, -0.05) is 53.2 Å². The van der Waals surface area contributed by atoms with E-state index in [9.17, 15) is 9.90 Å². The van der Waals surface area contributed by atoms with E-state index in [2.05, 4.69) is 47.6 Å². The lowest BCUT2D eigenvalue weighted by molar-refractivity contribution is -0.204. The maximum absolute atomic E-state index is 13.4. The molecule has 0 radical (unpaired) electrons. The summed E-state index contributed by atoms with van der Waals surface area (Å²) in [6.45, 7) is 14.9. The Labute approximate surface area is 201 Å². The van der Waals surface area contributed by atoms with E-state index >= 15 is 0 Å². The highest BCUT2D eigenvalue weighted by Gasteiger charge is 2.77. The highest BCUT2D eigenvalue weighted by molar-refractivity contribution is 5.80. The number of carbonyl (C=O) groups excluding carboxylic acids is 1. The first-order valence-corrected chi connectivity index (χ1v) is 13.8. The Morgan fingerprint density at radius 2 is 1.67 bits per heavy atom. The molecule has 33 heavy (non-hydrogen) atoms. The quantitative estimate of drug-likeness (QED) is 0.361. The molecule has 0 amide bonds. The highest BCUT2D eigenvalue weighted by atomic mass is 16.5. The number of aliphatic hydroxyl groups is 1. The van der Waals surface area contributed by atoms with Crippen molar-refractivity contribution in [1.29, 1.82) is 0 Å². The van der Waals surface area contributed by atoms with Crippen LogP contribution < -0.4 is 0 Å². The van der Waals surface area contributed by atoms with Gasteiger partial charge < -0.3 is 9.84 Å². The van der Waals surface area contributed by atoms with E-state index in [1.807, 2.05) is 0 Å². The number of aliphatic hydroxyl groups excluding tert-OH is 1. The zero-order chi connectivity index (χ0) is 23.8. The molecule has 3 heteroatoms. The van der Waals surface area contributed by atoms with Gasteiger partial charge in [-0.15, -0.1) is 0 Å². The molecule has 0 aromatic rings. The van der Waals surface area contributed by atoms with Crippen LogP contribution in [-0.2, 0) is 9.53 Å². The topological polar surface area (TPSA) is 46.5 Å². The van der Waals surface area contributed by atoms with Crippen LogP contribution in [0.1, 0.15) is 99.3 Å². The molecule has 0 aromatic carbocycles. The van der Waals surface area contributed by atoms with Crippen molar-refractivity contribution in [3.8, 4) is 0 Å². The van der Waals surface area contributed by atoms with Gasteiger partial charge in [0.15, 0.2) is 0 Å². The summed E-state index contributed by atoms with van der Waals surface area (Å²) in [6, 6.07) is 0. The molecule has 0 spiro atoms. The van der Waals surface area contributed by atoms with E-state index in [-0.39, 0.29) is 44.6 Å². The molecule has 5 saturated carbocycles. The molecule has 10 atom stereocenters. The van der Waals surface area contributed by atoms with Crippen molar-refractivity contribution in [1.82, 2.24) is 0 Å². The molecule has 5 fully saturated rings. The van der Waals surface area contributed by atoms with E-state index in [4.69, 9.17) is 4.74 Å². The molecule has 0 heterocycles. The standard InChI is InChI=1S/C30H46O3/c1-25(2)20-10-13-28(5)21(27(20,4)12-11-23(25)31)9-8-18-19-16-26(3)14-15-30(19,24(32)33-7)22(26)17-29(18,28)6/h8,19-23,31H,9-17H2,1-7H3. The van der Waals surface area contributed by atoms with E-state index in [0.717, 1.165) is 32.1 Å². The first kappa shape index (κ1) is 22.6. The Kier molecular flexibility index (Phi) is 4.31. The molecule has 1 N–H and O–H groups in total. The van der Waals surface area contributed by atoms with Crippen LogP contribution in [0.25, 0.3) is 0 Å². The highest BCUT2D eigenvalue weighted by Crippen LogP contribution is 2.82. The Morgan fingerprint density at radius 1 is 0.939 bits per heavy atom. The molecule has 6 aliphatic carbocycles. The second kappa shape index (κ2) is 6.29. The molecule has 0 aromatic heterocycles. The van der Waals surface area contributed by atoms with Crippen LogP contribution >= 0.6 is 0 Å². The number of rotatable bonds is 1. The minimum atomic E-state index is -0.268. The molecular weight excluding hydrogens is 408 g/mol. The van der Waals surface area contributed by atoms with Crippen molar-refractivity contribution in [2.24, 2.45) is 56.2 Å². The number of allylic oxidation sites excluding steroid dienone is 2. The van der Waals surface area contributed by atoms with Gasteiger partial charge in [0.2, 0.25) is 0 Å². The van der Waals surface area contributed by atoms with Gasteiger partial charge in [0.05, 0.1) is 18.6 Å².